The first kappa shape index (κ1) is 13.8. The van der Waals surface area contributed by atoms with Crippen LogP contribution in [0.25, 0.3) is 0 Å². The number of halogens is 2. The lowest BCUT2D eigenvalue weighted by Crippen LogP contribution is -2.60. The molecule has 1 aliphatic heterocycles. The topological polar surface area (TPSA) is 15.3 Å². The van der Waals surface area contributed by atoms with E-state index >= 15 is 0 Å². The Balaban J connectivity index is 2.14. The number of hydrogen-bond donors (Lipinski definition) is 1. The first-order valence-electron chi connectivity index (χ1n) is 6.30. The van der Waals surface area contributed by atoms with Gasteiger partial charge < -0.3 is 5.32 Å². The van der Waals surface area contributed by atoms with E-state index in [0.717, 1.165) is 18.7 Å². The number of nitrogens with zero attached hydrogens (tertiary/aromatic N) is 1. The van der Waals surface area contributed by atoms with E-state index in [0.29, 0.717) is 17.6 Å². The molecule has 2 rings (SSSR count). The molecule has 1 aromatic rings. The van der Waals surface area contributed by atoms with Crippen molar-refractivity contribution >= 4 is 11.6 Å². The van der Waals surface area contributed by atoms with Crippen LogP contribution in [-0.4, -0.2) is 29.6 Å². The molecule has 2 nitrogen and oxygen atoms in total. The summed E-state index contributed by atoms with van der Waals surface area (Å²) in [6.45, 7) is 9.11. The Morgan fingerprint density at radius 1 is 1.50 bits per heavy atom. The van der Waals surface area contributed by atoms with Gasteiger partial charge in [0.15, 0.2) is 0 Å². The summed E-state index contributed by atoms with van der Waals surface area (Å²) in [5.41, 5.74) is 0.952. The van der Waals surface area contributed by atoms with Crippen LogP contribution in [0.2, 0.25) is 5.02 Å². The van der Waals surface area contributed by atoms with E-state index in [1.165, 1.54) is 12.1 Å². The van der Waals surface area contributed by atoms with E-state index in [9.17, 15) is 4.39 Å². The molecule has 1 unspecified atom stereocenters. The van der Waals surface area contributed by atoms with Crippen LogP contribution in [0, 0.1) is 5.82 Å². The summed E-state index contributed by atoms with van der Waals surface area (Å²) < 4.78 is 13.3. The number of piperazine rings is 1. The van der Waals surface area contributed by atoms with Crippen LogP contribution in [0.4, 0.5) is 4.39 Å². The van der Waals surface area contributed by atoms with Crippen LogP contribution in [0.1, 0.15) is 26.3 Å². The smallest absolute Gasteiger partial charge is 0.123 e. The minimum Gasteiger partial charge on any atom is -0.309 e. The van der Waals surface area contributed by atoms with Crippen LogP contribution < -0.4 is 5.32 Å². The monoisotopic (exact) mass is 270 g/mol. The molecule has 1 saturated heterocycles. The fourth-order valence-electron chi connectivity index (χ4n) is 2.37. The quantitative estimate of drug-likeness (QED) is 0.889. The summed E-state index contributed by atoms with van der Waals surface area (Å²) in [4.78, 5) is 2.34. The summed E-state index contributed by atoms with van der Waals surface area (Å²) in [5, 5.41) is 4.14. The molecular weight excluding hydrogens is 251 g/mol. The number of benzene rings is 1. The van der Waals surface area contributed by atoms with Crippen molar-refractivity contribution in [2.75, 3.05) is 13.1 Å². The third kappa shape index (κ3) is 3.22. The molecule has 0 amide bonds. The van der Waals surface area contributed by atoms with Gasteiger partial charge in [-0.05, 0) is 44.5 Å². The fourth-order valence-corrected chi connectivity index (χ4v) is 2.54. The van der Waals surface area contributed by atoms with Crippen LogP contribution in [-0.2, 0) is 6.54 Å². The molecule has 0 aromatic heterocycles. The van der Waals surface area contributed by atoms with E-state index in [4.69, 9.17) is 11.6 Å². The molecule has 1 fully saturated rings. The predicted molar refractivity (Wildman–Crippen MR) is 73.4 cm³/mol. The Morgan fingerprint density at radius 3 is 2.94 bits per heavy atom. The molecule has 1 aromatic carbocycles. The molecule has 0 spiro atoms. The Labute approximate surface area is 113 Å². The molecule has 1 N–H and O–H groups in total. The molecule has 1 atom stereocenters. The third-order valence-electron chi connectivity index (χ3n) is 3.48. The molecule has 4 heteroatoms. The summed E-state index contributed by atoms with van der Waals surface area (Å²) in [5.74, 6) is -0.226. The van der Waals surface area contributed by atoms with Crippen molar-refractivity contribution in [1.82, 2.24) is 10.2 Å². The zero-order valence-electron chi connectivity index (χ0n) is 11.1. The van der Waals surface area contributed by atoms with E-state index in [1.807, 2.05) is 0 Å². The Bertz CT molecular complexity index is 434. The Hall–Kier alpha value is -0.640. The third-order valence-corrected chi connectivity index (χ3v) is 3.85. The molecule has 0 aliphatic carbocycles. The van der Waals surface area contributed by atoms with Gasteiger partial charge in [0.05, 0.1) is 0 Å². The van der Waals surface area contributed by atoms with Crippen molar-refractivity contribution in [1.29, 1.82) is 0 Å². The Morgan fingerprint density at radius 2 is 2.22 bits per heavy atom. The van der Waals surface area contributed by atoms with E-state index in [-0.39, 0.29) is 11.4 Å². The highest BCUT2D eigenvalue weighted by Crippen LogP contribution is 2.23. The van der Waals surface area contributed by atoms with Gasteiger partial charge in [0.25, 0.3) is 0 Å². The predicted octanol–water partition coefficient (Wildman–Crippen LogP) is 3.05. The number of nitrogens with one attached hydrogen (secondary N) is 1. The minimum absolute atomic E-state index is 0.0896. The first-order valence-corrected chi connectivity index (χ1v) is 6.68. The van der Waals surface area contributed by atoms with Crippen LogP contribution in [0.3, 0.4) is 0 Å². The average Bonchev–Trinajstić information content (AvgIpc) is 2.28. The van der Waals surface area contributed by atoms with Crippen molar-refractivity contribution in [2.24, 2.45) is 0 Å². The summed E-state index contributed by atoms with van der Waals surface area (Å²) in [6.07, 6.45) is 0. The summed E-state index contributed by atoms with van der Waals surface area (Å²) >= 11 is 6.13. The van der Waals surface area contributed by atoms with Gasteiger partial charge >= 0.3 is 0 Å². The van der Waals surface area contributed by atoms with E-state index in [1.54, 1.807) is 6.07 Å². The largest absolute Gasteiger partial charge is 0.309 e. The second kappa shape index (κ2) is 5.16. The van der Waals surface area contributed by atoms with Gasteiger partial charge in [-0.3, -0.25) is 4.90 Å². The van der Waals surface area contributed by atoms with Crippen molar-refractivity contribution in [3.63, 3.8) is 0 Å². The van der Waals surface area contributed by atoms with Gasteiger partial charge in [0, 0.05) is 36.2 Å². The highest BCUT2D eigenvalue weighted by molar-refractivity contribution is 6.31. The standard InChI is InChI=1S/C14H20ClFN2/c1-10-7-17-14(2,3)9-18(10)8-11-6-12(16)4-5-13(11)15/h4-6,10,17H,7-9H2,1-3H3. The van der Waals surface area contributed by atoms with Crippen molar-refractivity contribution in [3.05, 3.63) is 34.6 Å². The first-order chi connectivity index (χ1) is 8.37. The van der Waals surface area contributed by atoms with Crippen molar-refractivity contribution in [2.45, 2.75) is 38.9 Å². The molecular formula is C14H20ClFN2. The van der Waals surface area contributed by atoms with Gasteiger partial charge in [-0.25, -0.2) is 4.39 Å². The highest BCUT2D eigenvalue weighted by atomic mass is 35.5. The highest BCUT2D eigenvalue weighted by Gasteiger charge is 2.30. The maximum atomic E-state index is 13.3. The Kier molecular flexibility index (Phi) is 3.95. The maximum Gasteiger partial charge on any atom is 0.123 e. The van der Waals surface area contributed by atoms with E-state index in [2.05, 4.69) is 31.0 Å². The summed E-state index contributed by atoms with van der Waals surface area (Å²) in [6, 6.07) is 4.99. The van der Waals surface area contributed by atoms with Crippen molar-refractivity contribution in [3.8, 4) is 0 Å². The van der Waals surface area contributed by atoms with Crippen LogP contribution in [0.5, 0.6) is 0 Å². The molecule has 1 aliphatic rings. The zero-order chi connectivity index (χ0) is 13.3. The van der Waals surface area contributed by atoms with Gasteiger partial charge in [0.1, 0.15) is 5.82 Å². The van der Waals surface area contributed by atoms with Crippen LogP contribution >= 0.6 is 11.6 Å². The number of hydrogen-bond acceptors (Lipinski definition) is 2. The molecule has 0 radical (unpaired) electrons. The fraction of sp³-hybridized carbons (Fsp3) is 0.571. The minimum atomic E-state index is -0.226. The lowest BCUT2D eigenvalue weighted by Gasteiger charge is -2.43. The summed E-state index contributed by atoms with van der Waals surface area (Å²) in [7, 11) is 0. The molecule has 0 bridgehead atoms. The molecule has 0 saturated carbocycles. The molecule has 1 heterocycles. The van der Waals surface area contributed by atoms with Gasteiger partial charge in [-0.2, -0.15) is 0 Å². The molecule has 18 heavy (non-hydrogen) atoms. The van der Waals surface area contributed by atoms with E-state index < -0.39 is 0 Å². The average molecular weight is 271 g/mol. The second-order valence-electron chi connectivity index (χ2n) is 5.75. The SMILES string of the molecule is CC1CNC(C)(C)CN1Cc1cc(F)ccc1Cl. The van der Waals surface area contributed by atoms with Gasteiger partial charge in [0.2, 0.25) is 0 Å². The van der Waals surface area contributed by atoms with Gasteiger partial charge in [-0.1, -0.05) is 11.6 Å². The normalized spacial score (nSPS) is 24.2. The zero-order valence-corrected chi connectivity index (χ0v) is 11.9. The van der Waals surface area contributed by atoms with Crippen molar-refractivity contribution < 1.29 is 4.39 Å². The van der Waals surface area contributed by atoms with Crippen LogP contribution in [0.15, 0.2) is 18.2 Å². The number of rotatable bonds is 2. The molecule has 100 valence electrons. The lowest BCUT2D eigenvalue weighted by molar-refractivity contribution is 0.0977. The lowest BCUT2D eigenvalue weighted by atomic mass is 9.98. The maximum absolute atomic E-state index is 13.3. The second-order valence-corrected chi connectivity index (χ2v) is 6.16. The van der Waals surface area contributed by atoms with Gasteiger partial charge in [-0.15, -0.1) is 0 Å².